The predicted molar refractivity (Wildman–Crippen MR) is 61.2 cm³/mol. The third kappa shape index (κ3) is 6.93. The molecule has 0 aromatic rings. The van der Waals surface area contributed by atoms with Gasteiger partial charge in [-0.15, -0.1) is 6.58 Å². The maximum atomic E-state index is 11.4. The fraction of sp³-hybridized carbons (Fsp3) is 0.500. The van der Waals surface area contributed by atoms with E-state index in [4.69, 9.17) is 10.8 Å². The fourth-order valence-electron chi connectivity index (χ4n) is 1.16. The van der Waals surface area contributed by atoms with Crippen LogP contribution in [0.2, 0.25) is 0 Å². The summed E-state index contributed by atoms with van der Waals surface area (Å²) in [5.74, 6) is -1.69. The van der Waals surface area contributed by atoms with Crippen molar-refractivity contribution >= 4 is 17.9 Å². The zero-order valence-electron chi connectivity index (χ0n) is 9.60. The molecule has 0 radical (unpaired) electrons. The van der Waals surface area contributed by atoms with E-state index < -0.39 is 30.0 Å². The minimum Gasteiger partial charge on any atom is -0.480 e. The van der Waals surface area contributed by atoms with Gasteiger partial charge in [-0.05, 0) is 13.3 Å². The molecule has 0 saturated heterocycles. The molecule has 0 aliphatic carbocycles. The lowest BCUT2D eigenvalue weighted by atomic mass is 10.2. The van der Waals surface area contributed by atoms with Gasteiger partial charge in [0.15, 0.2) is 0 Å². The van der Waals surface area contributed by atoms with Gasteiger partial charge in [-0.3, -0.25) is 4.79 Å². The van der Waals surface area contributed by atoms with Crippen LogP contribution in [0.3, 0.4) is 0 Å². The first kappa shape index (κ1) is 14.9. The Morgan fingerprint density at radius 2 is 2.00 bits per heavy atom. The van der Waals surface area contributed by atoms with E-state index in [9.17, 15) is 14.4 Å². The molecule has 0 aliphatic rings. The van der Waals surface area contributed by atoms with Crippen molar-refractivity contribution in [1.29, 1.82) is 0 Å². The number of carbonyl (C=O) groups is 3. The first-order valence-electron chi connectivity index (χ1n) is 5.05. The highest BCUT2D eigenvalue weighted by Gasteiger charge is 2.19. The summed E-state index contributed by atoms with van der Waals surface area (Å²) < 4.78 is 0. The second-order valence-electron chi connectivity index (χ2n) is 3.60. The Balaban J connectivity index is 4.18. The van der Waals surface area contributed by atoms with E-state index in [1.54, 1.807) is 6.92 Å². The van der Waals surface area contributed by atoms with Crippen molar-refractivity contribution in [3.63, 3.8) is 0 Å². The molecule has 0 heterocycles. The normalized spacial score (nSPS) is 13.2. The average Bonchev–Trinajstić information content (AvgIpc) is 2.14. The fourth-order valence-corrected chi connectivity index (χ4v) is 1.16. The highest BCUT2D eigenvalue weighted by atomic mass is 16.4. The zero-order chi connectivity index (χ0) is 13.4. The Hall–Kier alpha value is -2.05. The molecular formula is C10H17N3O4. The van der Waals surface area contributed by atoms with Crippen molar-refractivity contribution in [2.45, 2.75) is 31.8 Å². The van der Waals surface area contributed by atoms with E-state index in [0.29, 0.717) is 0 Å². The smallest absolute Gasteiger partial charge is 0.326 e. The van der Waals surface area contributed by atoms with Crippen LogP contribution in [0, 0.1) is 0 Å². The SMILES string of the molecule is C=CCC(NC(=O)NC(C)CC(N)=O)C(=O)O. The van der Waals surface area contributed by atoms with Crippen molar-refractivity contribution in [1.82, 2.24) is 10.6 Å². The van der Waals surface area contributed by atoms with Crippen LogP contribution >= 0.6 is 0 Å². The van der Waals surface area contributed by atoms with Crippen LogP contribution in [0.25, 0.3) is 0 Å². The van der Waals surface area contributed by atoms with Gasteiger partial charge in [0.25, 0.3) is 0 Å². The highest BCUT2D eigenvalue weighted by Crippen LogP contribution is 1.94. The standard InChI is InChI=1S/C10H17N3O4/c1-3-4-7(9(15)16)13-10(17)12-6(2)5-8(11)14/h3,6-7H,1,4-5H2,2H3,(H2,11,14)(H,15,16)(H2,12,13,17). The second kappa shape index (κ2) is 7.26. The summed E-state index contributed by atoms with van der Waals surface area (Å²) in [6.45, 7) is 4.99. The van der Waals surface area contributed by atoms with Crippen LogP contribution in [-0.4, -0.2) is 35.1 Å². The van der Waals surface area contributed by atoms with Gasteiger partial charge in [0.05, 0.1) is 0 Å². The first-order chi connectivity index (χ1) is 7.86. The monoisotopic (exact) mass is 243 g/mol. The number of amides is 3. The summed E-state index contributed by atoms with van der Waals surface area (Å²) >= 11 is 0. The van der Waals surface area contributed by atoms with Gasteiger partial charge < -0.3 is 21.5 Å². The van der Waals surface area contributed by atoms with E-state index in [0.717, 1.165) is 0 Å². The zero-order valence-corrected chi connectivity index (χ0v) is 9.60. The summed E-state index contributed by atoms with van der Waals surface area (Å²) in [5.41, 5.74) is 4.95. The summed E-state index contributed by atoms with van der Waals surface area (Å²) in [5, 5.41) is 13.4. The van der Waals surface area contributed by atoms with Crippen molar-refractivity contribution < 1.29 is 19.5 Å². The molecule has 0 aliphatic heterocycles. The number of nitrogens with two attached hydrogens (primary N) is 1. The van der Waals surface area contributed by atoms with Crippen molar-refractivity contribution in [3.05, 3.63) is 12.7 Å². The molecular weight excluding hydrogens is 226 g/mol. The van der Waals surface area contributed by atoms with E-state index in [1.807, 2.05) is 0 Å². The maximum absolute atomic E-state index is 11.4. The van der Waals surface area contributed by atoms with Crippen LogP contribution in [0.1, 0.15) is 19.8 Å². The van der Waals surface area contributed by atoms with Gasteiger partial charge >= 0.3 is 12.0 Å². The van der Waals surface area contributed by atoms with Crippen LogP contribution in [0.15, 0.2) is 12.7 Å². The molecule has 7 heteroatoms. The number of carbonyl (C=O) groups excluding carboxylic acids is 2. The van der Waals surface area contributed by atoms with Crippen molar-refractivity contribution in [2.75, 3.05) is 0 Å². The molecule has 0 aromatic heterocycles. The van der Waals surface area contributed by atoms with Crippen LogP contribution in [0.4, 0.5) is 4.79 Å². The largest absolute Gasteiger partial charge is 0.480 e. The summed E-state index contributed by atoms with van der Waals surface area (Å²) in [6, 6.07) is -2.15. The van der Waals surface area contributed by atoms with Crippen molar-refractivity contribution in [2.24, 2.45) is 5.73 Å². The number of carboxylic acids is 1. The lowest BCUT2D eigenvalue weighted by Crippen LogP contribution is -2.48. The quantitative estimate of drug-likeness (QED) is 0.453. The summed E-state index contributed by atoms with van der Waals surface area (Å²) in [7, 11) is 0. The summed E-state index contributed by atoms with van der Waals surface area (Å²) in [4.78, 5) is 32.6. The Morgan fingerprint density at radius 1 is 1.41 bits per heavy atom. The van der Waals surface area contributed by atoms with Crippen LogP contribution < -0.4 is 16.4 Å². The lowest BCUT2D eigenvalue weighted by Gasteiger charge is -2.16. The molecule has 96 valence electrons. The Kier molecular flexibility index (Phi) is 6.39. The van der Waals surface area contributed by atoms with Gasteiger partial charge in [0, 0.05) is 12.5 Å². The minimum absolute atomic E-state index is 0.00732. The average molecular weight is 243 g/mol. The van der Waals surface area contributed by atoms with Gasteiger partial charge in [0.1, 0.15) is 6.04 Å². The lowest BCUT2D eigenvalue weighted by molar-refractivity contribution is -0.139. The molecule has 5 N–H and O–H groups in total. The molecule has 0 fully saturated rings. The third-order valence-electron chi connectivity index (χ3n) is 1.89. The number of primary amides is 1. The second-order valence-corrected chi connectivity index (χ2v) is 3.60. The Labute approximate surface area is 99.1 Å². The molecule has 3 amide bonds. The minimum atomic E-state index is -1.15. The van der Waals surface area contributed by atoms with E-state index in [1.165, 1.54) is 6.08 Å². The number of hydrogen-bond donors (Lipinski definition) is 4. The van der Waals surface area contributed by atoms with Crippen LogP contribution in [0.5, 0.6) is 0 Å². The first-order valence-corrected chi connectivity index (χ1v) is 5.05. The molecule has 0 rings (SSSR count). The third-order valence-corrected chi connectivity index (χ3v) is 1.89. The van der Waals surface area contributed by atoms with Gasteiger partial charge in [0.2, 0.25) is 5.91 Å². The number of aliphatic carboxylic acids is 1. The number of hydrogen-bond acceptors (Lipinski definition) is 3. The van der Waals surface area contributed by atoms with Gasteiger partial charge in [-0.2, -0.15) is 0 Å². The van der Waals surface area contributed by atoms with E-state index in [2.05, 4.69) is 17.2 Å². The Bertz CT molecular complexity index is 317. The molecule has 0 aromatic carbocycles. The molecule has 2 unspecified atom stereocenters. The predicted octanol–water partition coefficient (Wildman–Crippen LogP) is -0.421. The molecule has 0 bridgehead atoms. The number of nitrogens with one attached hydrogen (secondary N) is 2. The van der Waals surface area contributed by atoms with Gasteiger partial charge in [-0.25, -0.2) is 9.59 Å². The van der Waals surface area contributed by atoms with Gasteiger partial charge in [-0.1, -0.05) is 6.08 Å². The Morgan fingerprint density at radius 3 is 2.41 bits per heavy atom. The topological polar surface area (TPSA) is 122 Å². The summed E-state index contributed by atoms with van der Waals surface area (Å²) in [6.07, 6.45) is 1.51. The van der Waals surface area contributed by atoms with E-state index in [-0.39, 0.29) is 12.8 Å². The molecule has 2 atom stereocenters. The number of urea groups is 1. The highest BCUT2D eigenvalue weighted by molar-refractivity contribution is 5.83. The van der Waals surface area contributed by atoms with E-state index >= 15 is 0 Å². The molecule has 0 saturated carbocycles. The number of rotatable bonds is 7. The number of carboxylic acid groups (broad SMARTS) is 1. The molecule has 17 heavy (non-hydrogen) atoms. The molecule has 7 nitrogen and oxygen atoms in total. The maximum Gasteiger partial charge on any atom is 0.326 e. The van der Waals surface area contributed by atoms with Crippen molar-refractivity contribution in [3.8, 4) is 0 Å². The van der Waals surface area contributed by atoms with Crippen LogP contribution in [-0.2, 0) is 9.59 Å². The molecule has 0 spiro atoms.